The molecule has 5 nitrogen and oxygen atoms in total. The molecule has 0 bridgehead atoms. The van der Waals surface area contributed by atoms with Crippen molar-refractivity contribution in [1.29, 1.82) is 0 Å². The van der Waals surface area contributed by atoms with Gasteiger partial charge in [0.25, 0.3) is 11.8 Å². The van der Waals surface area contributed by atoms with Crippen molar-refractivity contribution in [2.75, 3.05) is 33.3 Å². The van der Waals surface area contributed by atoms with Crippen LogP contribution in [0.25, 0.3) is 0 Å². The van der Waals surface area contributed by atoms with Crippen LogP contribution < -0.4 is 4.74 Å². The molecule has 136 valence electrons. The van der Waals surface area contributed by atoms with E-state index in [9.17, 15) is 9.59 Å². The van der Waals surface area contributed by atoms with Gasteiger partial charge in [0.1, 0.15) is 5.75 Å². The lowest BCUT2D eigenvalue weighted by atomic mass is 10.0. The fraction of sp³-hybridized carbons (Fsp3) is 0.333. The molecule has 0 unspecified atom stereocenters. The predicted octanol–water partition coefficient (Wildman–Crippen LogP) is 2.91. The zero-order valence-electron chi connectivity index (χ0n) is 15.5. The lowest BCUT2D eigenvalue weighted by molar-refractivity contribution is 0.0535. The standard InChI is InChI=1S/C21H24N2O3/c1-15-4-5-16(2)19(14-15)21(25)23-12-10-22(11-13-23)20(24)17-6-8-18(26-3)9-7-17/h4-9,14H,10-13H2,1-3H3. The number of carbonyl (C=O) groups excluding carboxylic acids is 2. The third-order valence-corrected chi connectivity index (χ3v) is 4.81. The lowest BCUT2D eigenvalue weighted by Crippen LogP contribution is -2.50. The van der Waals surface area contributed by atoms with Gasteiger partial charge >= 0.3 is 0 Å². The van der Waals surface area contributed by atoms with Gasteiger partial charge in [-0.2, -0.15) is 0 Å². The molecule has 5 heteroatoms. The first-order chi connectivity index (χ1) is 12.5. The molecular formula is C21H24N2O3. The van der Waals surface area contributed by atoms with Gasteiger partial charge in [-0.05, 0) is 49.7 Å². The second kappa shape index (κ2) is 7.60. The summed E-state index contributed by atoms with van der Waals surface area (Å²) in [5.74, 6) is 0.764. The summed E-state index contributed by atoms with van der Waals surface area (Å²) in [6.45, 7) is 6.13. The third-order valence-electron chi connectivity index (χ3n) is 4.81. The van der Waals surface area contributed by atoms with Gasteiger partial charge in [0.15, 0.2) is 0 Å². The third kappa shape index (κ3) is 3.72. The fourth-order valence-corrected chi connectivity index (χ4v) is 3.17. The minimum absolute atomic E-state index is 0.00788. The fourth-order valence-electron chi connectivity index (χ4n) is 3.17. The van der Waals surface area contributed by atoms with Crippen LogP contribution >= 0.6 is 0 Å². The molecule has 1 aliphatic rings. The van der Waals surface area contributed by atoms with E-state index in [0.29, 0.717) is 31.7 Å². The highest BCUT2D eigenvalue weighted by atomic mass is 16.5. The highest BCUT2D eigenvalue weighted by molar-refractivity contribution is 5.97. The van der Waals surface area contributed by atoms with Crippen LogP contribution in [0.3, 0.4) is 0 Å². The number of methoxy groups -OCH3 is 1. The molecule has 2 aromatic rings. The van der Waals surface area contributed by atoms with E-state index in [4.69, 9.17) is 4.74 Å². The Bertz CT molecular complexity index is 807. The highest BCUT2D eigenvalue weighted by Crippen LogP contribution is 2.17. The van der Waals surface area contributed by atoms with Crippen molar-refractivity contribution in [3.05, 3.63) is 64.7 Å². The molecule has 0 N–H and O–H groups in total. The molecule has 2 amide bonds. The minimum atomic E-state index is -0.00788. The zero-order chi connectivity index (χ0) is 18.7. The maximum absolute atomic E-state index is 12.8. The molecule has 1 fully saturated rings. The first-order valence-electron chi connectivity index (χ1n) is 8.79. The Morgan fingerprint density at radius 1 is 0.846 bits per heavy atom. The van der Waals surface area contributed by atoms with Crippen molar-refractivity contribution in [3.8, 4) is 5.75 Å². The van der Waals surface area contributed by atoms with E-state index in [0.717, 1.165) is 22.4 Å². The SMILES string of the molecule is COc1ccc(C(=O)N2CCN(C(=O)c3cc(C)ccc3C)CC2)cc1. The van der Waals surface area contributed by atoms with Crippen LogP contribution in [-0.4, -0.2) is 54.9 Å². The van der Waals surface area contributed by atoms with Crippen molar-refractivity contribution >= 4 is 11.8 Å². The summed E-state index contributed by atoms with van der Waals surface area (Å²) < 4.78 is 5.13. The molecule has 0 aromatic heterocycles. The van der Waals surface area contributed by atoms with E-state index in [-0.39, 0.29) is 11.8 Å². The molecule has 1 saturated heterocycles. The number of hydrogen-bond acceptors (Lipinski definition) is 3. The average molecular weight is 352 g/mol. The molecule has 0 spiro atoms. The minimum Gasteiger partial charge on any atom is -0.497 e. The molecular weight excluding hydrogens is 328 g/mol. The van der Waals surface area contributed by atoms with E-state index < -0.39 is 0 Å². The summed E-state index contributed by atoms with van der Waals surface area (Å²) in [6, 6.07) is 13.0. The normalized spacial score (nSPS) is 14.3. The molecule has 0 radical (unpaired) electrons. The number of benzene rings is 2. The van der Waals surface area contributed by atoms with Gasteiger partial charge < -0.3 is 14.5 Å². The number of carbonyl (C=O) groups is 2. The summed E-state index contributed by atoms with van der Waals surface area (Å²) in [4.78, 5) is 29.1. The van der Waals surface area contributed by atoms with Crippen LogP contribution in [0.15, 0.2) is 42.5 Å². The van der Waals surface area contributed by atoms with E-state index in [1.807, 2.05) is 36.9 Å². The van der Waals surface area contributed by atoms with E-state index >= 15 is 0 Å². The first-order valence-corrected chi connectivity index (χ1v) is 8.79. The Labute approximate surface area is 154 Å². The van der Waals surface area contributed by atoms with Crippen molar-refractivity contribution in [3.63, 3.8) is 0 Å². The van der Waals surface area contributed by atoms with E-state index in [1.165, 1.54) is 0 Å². The topological polar surface area (TPSA) is 49.9 Å². The van der Waals surface area contributed by atoms with E-state index in [2.05, 4.69) is 0 Å². The van der Waals surface area contributed by atoms with Gasteiger partial charge in [0.05, 0.1) is 7.11 Å². The number of aryl methyl sites for hydroxylation is 2. The quantitative estimate of drug-likeness (QED) is 0.853. The first kappa shape index (κ1) is 18.0. The number of piperazine rings is 1. The van der Waals surface area contributed by atoms with Crippen LogP contribution in [0.2, 0.25) is 0 Å². The molecule has 0 aliphatic carbocycles. The van der Waals surface area contributed by atoms with Gasteiger partial charge in [0.2, 0.25) is 0 Å². The second-order valence-corrected chi connectivity index (χ2v) is 6.63. The van der Waals surface area contributed by atoms with Crippen LogP contribution in [0.4, 0.5) is 0 Å². The van der Waals surface area contributed by atoms with Crippen LogP contribution in [-0.2, 0) is 0 Å². The summed E-state index contributed by atoms with van der Waals surface area (Å²) in [6.07, 6.45) is 0. The molecule has 1 aliphatic heterocycles. The van der Waals surface area contributed by atoms with Crippen molar-refractivity contribution in [1.82, 2.24) is 9.80 Å². The summed E-state index contributed by atoms with van der Waals surface area (Å²) in [5, 5.41) is 0. The Balaban J connectivity index is 1.64. The smallest absolute Gasteiger partial charge is 0.254 e. The maximum Gasteiger partial charge on any atom is 0.254 e. The highest BCUT2D eigenvalue weighted by Gasteiger charge is 2.26. The number of amides is 2. The maximum atomic E-state index is 12.8. The Morgan fingerprint density at radius 3 is 2.00 bits per heavy atom. The summed E-state index contributed by atoms with van der Waals surface area (Å²) in [5.41, 5.74) is 3.45. The van der Waals surface area contributed by atoms with E-state index in [1.54, 1.807) is 36.3 Å². The van der Waals surface area contributed by atoms with Crippen molar-refractivity contribution in [2.24, 2.45) is 0 Å². The molecule has 0 atom stereocenters. The summed E-state index contributed by atoms with van der Waals surface area (Å²) >= 11 is 0. The zero-order valence-corrected chi connectivity index (χ0v) is 15.5. The van der Waals surface area contributed by atoms with Gasteiger partial charge in [-0.3, -0.25) is 9.59 Å². The van der Waals surface area contributed by atoms with Gasteiger partial charge in [-0.15, -0.1) is 0 Å². The average Bonchev–Trinajstić information content (AvgIpc) is 2.69. The van der Waals surface area contributed by atoms with Crippen LogP contribution in [0.1, 0.15) is 31.8 Å². The van der Waals surface area contributed by atoms with Gasteiger partial charge in [-0.1, -0.05) is 17.7 Å². The molecule has 26 heavy (non-hydrogen) atoms. The molecule has 2 aromatic carbocycles. The van der Waals surface area contributed by atoms with Crippen molar-refractivity contribution < 1.29 is 14.3 Å². The Morgan fingerprint density at radius 2 is 1.42 bits per heavy atom. The summed E-state index contributed by atoms with van der Waals surface area (Å²) in [7, 11) is 1.60. The Hall–Kier alpha value is -2.82. The van der Waals surface area contributed by atoms with Crippen LogP contribution in [0, 0.1) is 13.8 Å². The Kier molecular flexibility index (Phi) is 5.26. The number of ether oxygens (including phenoxy) is 1. The van der Waals surface area contributed by atoms with Gasteiger partial charge in [0, 0.05) is 37.3 Å². The molecule has 3 rings (SSSR count). The lowest BCUT2D eigenvalue weighted by Gasteiger charge is -2.35. The van der Waals surface area contributed by atoms with Crippen molar-refractivity contribution in [2.45, 2.75) is 13.8 Å². The number of nitrogens with zero attached hydrogens (tertiary/aromatic N) is 2. The molecule has 0 saturated carbocycles. The largest absolute Gasteiger partial charge is 0.497 e. The van der Waals surface area contributed by atoms with Gasteiger partial charge in [-0.25, -0.2) is 0 Å². The number of hydrogen-bond donors (Lipinski definition) is 0. The van der Waals surface area contributed by atoms with Crippen LogP contribution in [0.5, 0.6) is 5.75 Å². The molecule has 1 heterocycles. The second-order valence-electron chi connectivity index (χ2n) is 6.63. The predicted molar refractivity (Wildman–Crippen MR) is 101 cm³/mol. The monoisotopic (exact) mass is 352 g/mol. The number of rotatable bonds is 3.